The fourth-order valence-electron chi connectivity index (χ4n) is 4.59. The number of para-hydroxylation sites is 1. The minimum absolute atomic E-state index is 0.0270. The molecule has 7 heteroatoms. The molecule has 4 nitrogen and oxygen atoms in total. The van der Waals surface area contributed by atoms with Crippen LogP contribution < -0.4 is 0 Å². The minimum atomic E-state index is -0.302. The second-order valence-electron chi connectivity index (χ2n) is 8.25. The first kappa shape index (κ1) is 21.3. The number of carbonyl (C=O) groups is 1. The van der Waals surface area contributed by atoms with E-state index < -0.39 is 0 Å². The Balaban J connectivity index is 1.45. The Bertz CT molecular complexity index is 1360. The van der Waals surface area contributed by atoms with Crippen LogP contribution in [0.15, 0.2) is 35.4 Å². The third-order valence-corrected chi connectivity index (χ3v) is 8.22. The molecule has 3 aromatic heterocycles. The number of thioether (sulfide) groups is 1. The number of hydrogen-bond donors (Lipinski definition) is 0. The van der Waals surface area contributed by atoms with E-state index in [0.717, 1.165) is 45.3 Å². The Morgan fingerprint density at radius 2 is 1.94 bits per heavy atom. The number of carbonyl (C=O) groups excluding carboxylic acids is 1. The number of nitrogens with zero attached hydrogens (tertiary/aromatic N) is 3. The van der Waals surface area contributed by atoms with Crippen LogP contribution in [0, 0.1) is 26.6 Å². The Kier molecular flexibility index (Phi) is 5.63. The summed E-state index contributed by atoms with van der Waals surface area (Å²) < 4.78 is 16.2. The van der Waals surface area contributed by atoms with Gasteiger partial charge in [-0.2, -0.15) is 0 Å². The Hall–Kier alpha value is -2.51. The summed E-state index contributed by atoms with van der Waals surface area (Å²) in [7, 11) is 0. The first-order chi connectivity index (χ1) is 15.4. The van der Waals surface area contributed by atoms with Crippen molar-refractivity contribution in [2.24, 2.45) is 0 Å². The Morgan fingerprint density at radius 1 is 1.16 bits per heavy atom. The number of hydrogen-bond acceptors (Lipinski definition) is 5. The lowest BCUT2D eigenvalue weighted by Gasteiger charge is -2.12. The molecule has 0 radical (unpaired) electrons. The van der Waals surface area contributed by atoms with Gasteiger partial charge in [0, 0.05) is 27.2 Å². The molecule has 32 heavy (non-hydrogen) atoms. The molecule has 1 aromatic carbocycles. The van der Waals surface area contributed by atoms with Gasteiger partial charge in [-0.1, -0.05) is 23.9 Å². The van der Waals surface area contributed by atoms with Gasteiger partial charge in [0.2, 0.25) is 0 Å². The molecule has 3 heterocycles. The number of benzene rings is 1. The van der Waals surface area contributed by atoms with Crippen LogP contribution in [0.2, 0.25) is 0 Å². The molecule has 0 saturated carbocycles. The highest BCUT2D eigenvalue weighted by atomic mass is 32.2. The molecular formula is C25H24FN3OS2. The van der Waals surface area contributed by atoms with Crippen LogP contribution in [-0.4, -0.2) is 26.1 Å². The molecule has 0 aliphatic heterocycles. The number of halogens is 1. The van der Waals surface area contributed by atoms with Gasteiger partial charge in [-0.05, 0) is 70.2 Å². The first-order valence-electron chi connectivity index (χ1n) is 10.8. The standard InChI is InChI=1S/C25H24FN3OS2/c1-14-12-18(15(2)29(14)20-10-6-5-9-19(20)26)21(30)13-31-24-23-17-8-4-7-11-22(17)32-25(23)28-16(3)27-24/h5-6,9-10,12H,4,7-8,11,13H2,1-3H3. The fraction of sp³-hybridized carbons (Fsp3) is 0.320. The van der Waals surface area contributed by atoms with Crippen molar-refractivity contribution in [1.29, 1.82) is 0 Å². The molecular weight excluding hydrogens is 441 g/mol. The lowest BCUT2D eigenvalue weighted by atomic mass is 9.97. The summed E-state index contributed by atoms with van der Waals surface area (Å²) in [6, 6.07) is 8.51. The highest BCUT2D eigenvalue weighted by Crippen LogP contribution is 2.40. The highest BCUT2D eigenvalue weighted by molar-refractivity contribution is 8.00. The van der Waals surface area contributed by atoms with Crippen molar-refractivity contribution in [1.82, 2.24) is 14.5 Å². The third-order valence-electron chi connectivity index (χ3n) is 6.06. The molecule has 0 N–H and O–H groups in total. The summed E-state index contributed by atoms with van der Waals surface area (Å²) in [6.07, 6.45) is 4.59. The quantitative estimate of drug-likeness (QED) is 0.194. The maximum atomic E-state index is 14.4. The third kappa shape index (κ3) is 3.67. The first-order valence-corrected chi connectivity index (χ1v) is 12.6. The lowest BCUT2D eigenvalue weighted by molar-refractivity contribution is 0.102. The van der Waals surface area contributed by atoms with Crippen molar-refractivity contribution < 1.29 is 9.18 Å². The molecule has 0 saturated heterocycles. The smallest absolute Gasteiger partial charge is 0.174 e. The minimum Gasteiger partial charge on any atom is -0.315 e. The van der Waals surface area contributed by atoms with Crippen LogP contribution in [-0.2, 0) is 12.8 Å². The van der Waals surface area contributed by atoms with Crippen LogP contribution >= 0.6 is 23.1 Å². The van der Waals surface area contributed by atoms with E-state index in [4.69, 9.17) is 4.98 Å². The monoisotopic (exact) mass is 465 g/mol. The molecule has 164 valence electrons. The summed E-state index contributed by atoms with van der Waals surface area (Å²) in [6.45, 7) is 5.68. The molecule has 0 amide bonds. The topological polar surface area (TPSA) is 47.8 Å². The van der Waals surface area contributed by atoms with Crippen molar-refractivity contribution in [2.45, 2.75) is 51.5 Å². The summed E-state index contributed by atoms with van der Waals surface area (Å²) in [5.74, 6) is 0.754. The van der Waals surface area contributed by atoms with Gasteiger partial charge in [-0.25, -0.2) is 14.4 Å². The fourth-order valence-corrected chi connectivity index (χ4v) is 6.95. The van der Waals surface area contributed by atoms with E-state index in [-0.39, 0.29) is 17.4 Å². The van der Waals surface area contributed by atoms with E-state index in [0.29, 0.717) is 11.3 Å². The SMILES string of the molecule is Cc1nc(SCC(=O)c2cc(C)n(-c3ccccc3F)c2C)c2c3c(sc2n1)CCCC3. The van der Waals surface area contributed by atoms with Crippen molar-refractivity contribution in [3.8, 4) is 5.69 Å². The van der Waals surface area contributed by atoms with Gasteiger partial charge < -0.3 is 4.57 Å². The average molecular weight is 466 g/mol. The number of ketones is 1. The van der Waals surface area contributed by atoms with Gasteiger partial charge in [-0.15, -0.1) is 11.3 Å². The number of aromatic nitrogens is 3. The van der Waals surface area contributed by atoms with Crippen LogP contribution in [0.5, 0.6) is 0 Å². The molecule has 4 aromatic rings. The largest absolute Gasteiger partial charge is 0.315 e. The molecule has 0 atom stereocenters. The predicted molar refractivity (Wildman–Crippen MR) is 129 cm³/mol. The van der Waals surface area contributed by atoms with E-state index in [1.807, 2.05) is 31.4 Å². The number of thiophene rings is 1. The van der Waals surface area contributed by atoms with E-state index in [2.05, 4.69) is 4.98 Å². The highest BCUT2D eigenvalue weighted by Gasteiger charge is 2.23. The molecule has 0 unspecified atom stereocenters. The van der Waals surface area contributed by atoms with Crippen molar-refractivity contribution >= 4 is 39.1 Å². The number of Topliss-reactive ketones (excluding diaryl/α,β-unsaturated/α-hetero) is 1. The van der Waals surface area contributed by atoms with Crippen molar-refractivity contribution in [3.05, 3.63) is 69.4 Å². The van der Waals surface area contributed by atoms with Crippen LogP contribution in [0.1, 0.15) is 50.9 Å². The molecule has 5 rings (SSSR count). The van der Waals surface area contributed by atoms with Gasteiger partial charge in [0.15, 0.2) is 5.78 Å². The molecule has 0 bridgehead atoms. The second-order valence-corrected chi connectivity index (χ2v) is 10.3. The van der Waals surface area contributed by atoms with Gasteiger partial charge >= 0.3 is 0 Å². The average Bonchev–Trinajstić information content (AvgIpc) is 3.29. The van der Waals surface area contributed by atoms with Gasteiger partial charge in [0.25, 0.3) is 0 Å². The molecule has 1 aliphatic rings. The molecule has 0 fully saturated rings. The van der Waals surface area contributed by atoms with Gasteiger partial charge in [0.1, 0.15) is 21.5 Å². The van der Waals surface area contributed by atoms with E-state index in [1.54, 1.807) is 29.5 Å². The summed E-state index contributed by atoms with van der Waals surface area (Å²) in [5, 5.41) is 2.05. The van der Waals surface area contributed by atoms with Crippen molar-refractivity contribution in [3.63, 3.8) is 0 Å². The summed E-state index contributed by atoms with van der Waals surface area (Å²) in [5.41, 5.74) is 4.08. The molecule has 1 aliphatic carbocycles. The Morgan fingerprint density at radius 3 is 2.75 bits per heavy atom. The second kappa shape index (κ2) is 8.45. The number of fused-ring (bicyclic) bond motifs is 3. The zero-order chi connectivity index (χ0) is 22.4. The zero-order valence-electron chi connectivity index (χ0n) is 18.4. The van der Waals surface area contributed by atoms with Gasteiger partial charge in [0.05, 0.1) is 11.4 Å². The lowest BCUT2D eigenvalue weighted by Crippen LogP contribution is -2.07. The predicted octanol–water partition coefficient (Wildman–Crippen LogP) is 6.40. The maximum Gasteiger partial charge on any atom is 0.174 e. The van der Waals surface area contributed by atoms with Crippen LogP contribution in [0.25, 0.3) is 15.9 Å². The van der Waals surface area contributed by atoms with E-state index in [9.17, 15) is 9.18 Å². The summed E-state index contributed by atoms with van der Waals surface area (Å²) >= 11 is 3.27. The maximum absolute atomic E-state index is 14.4. The number of rotatable bonds is 5. The Labute approximate surface area is 194 Å². The van der Waals surface area contributed by atoms with Crippen LogP contribution in [0.3, 0.4) is 0 Å². The van der Waals surface area contributed by atoms with E-state index >= 15 is 0 Å². The van der Waals surface area contributed by atoms with Crippen LogP contribution in [0.4, 0.5) is 4.39 Å². The van der Waals surface area contributed by atoms with Crippen molar-refractivity contribution in [2.75, 3.05) is 5.75 Å². The normalized spacial score (nSPS) is 13.5. The van der Waals surface area contributed by atoms with E-state index in [1.165, 1.54) is 41.1 Å². The zero-order valence-corrected chi connectivity index (χ0v) is 20.0. The molecule has 0 spiro atoms. The number of aryl methyl sites for hydroxylation is 4. The summed E-state index contributed by atoms with van der Waals surface area (Å²) in [4.78, 5) is 25.0. The van der Waals surface area contributed by atoms with Gasteiger partial charge in [-0.3, -0.25) is 4.79 Å².